The van der Waals surface area contributed by atoms with Crippen LogP contribution in [-0.4, -0.2) is 54.8 Å². The number of aromatic amines is 1. The molecule has 0 radical (unpaired) electrons. The molecule has 0 saturated carbocycles. The van der Waals surface area contributed by atoms with Crippen LogP contribution in [0.2, 0.25) is 0 Å². The van der Waals surface area contributed by atoms with E-state index in [9.17, 15) is 18.3 Å². The summed E-state index contributed by atoms with van der Waals surface area (Å²) in [4.78, 5) is 9.57. The number of alkyl halides is 3. The Kier molecular flexibility index (Phi) is 6.35. The van der Waals surface area contributed by atoms with E-state index in [1.165, 1.54) is 10.1 Å². The number of β-amino-alcohol motifs (C(OH)–C–C–N with tert-alkyl or cyclic N) is 1. The number of aryl methyl sites for hydroxylation is 1. The lowest BCUT2D eigenvalue weighted by molar-refractivity contribution is -0.144. The summed E-state index contributed by atoms with van der Waals surface area (Å²) in [5, 5.41) is 15.0. The van der Waals surface area contributed by atoms with Crippen molar-refractivity contribution in [2.75, 3.05) is 19.6 Å². The molecule has 5 rings (SSSR count). The number of aliphatic hydroxyl groups is 1. The molecule has 37 heavy (non-hydrogen) atoms. The summed E-state index contributed by atoms with van der Waals surface area (Å²) in [6, 6.07) is 8.46. The molecular formula is C28H34F3N5O. The van der Waals surface area contributed by atoms with Gasteiger partial charge in [-0.2, -0.15) is 13.2 Å². The summed E-state index contributed by atoms with van der Waals surface area (Å²) in [5.74, 6) is -0.479. The zero-order valence-corrected chi connectivity index (χ0v) is 21.9. The highest BCUT2D eigenvalue weighted by atomic mass is 19.4. The Morgan fingerprint density at radius 1 is 1.14 bits per heavy atom. The highest BCUT2D eigenvalue weighted by Gasteiger charge is 2.36. The molecule has 0 atom stereocenters. The number of piperidine rings is 1. The molecule has 0 bridgehead atoms. The fourth-order valence-electron chi connectivity index (χ4n) is 5.69. The topological polar surface area (TPSA) is 69.5 Å². The molecule has 1 aliphatic heterocycles. The molecule has 4 aromatic rings. The Balaban J connectivity index is 1.51. The molecule has 1 fully saturated rings. The van der Waals surface area contributed by atoms with Crippen LogP contribution in [0.3, 0.4) is 0 Å². The van der Waals surface area contributed by atoms with Crippen molar-refractivity contribution < 1.29 is 18.3 Å². The molecule has 0 amide bonds. The van der Waals surface area contributed by atoms with Gasteiger partial charge in [0.15, 0.2) is 5.65 Å². The van der Waals surface area contributed by atoms with Crippen molar-refractivity contribution in [3.63, 3.8) is 0 Å². The summed E-state index contributed by atoms with van der Waals surface area (Å²) in [7, 11) is 0. The van der Waals surface area contributed by atoms with Crippen LogP contribution in [0.5, 0.6) is 0 Å². The van der Waals surface area contributed by atoms with Gasteiger partial charge in [0.05, 0.1) is 11.3 Å². The van der Waals surface area contributed by atoms with E-state index in [-0.39, 0.29) is 11.6 Å². The first-order valence-corrected chi connectivity index (χ1v) is 12.8. The van der Waals surface area contributed by atoms with Gasteiger partial charge in [-0.3, -0.25) is 0 Å². The molecule has 0 aliphatic carbocycles. The van der Waals surface area contributed by atoms with Gasteiger partial charge in [0.1, 0.15) is 0 Å². The van der Waals surface area contributed by atoms with Crippen LogP contribution < -0.4 is 0 Å². The van der Waals surface area contributed by atoms with Gasteiger partial charge in [-0.1, -0.05) is 19.9 Å². The van der Waals surface area contributed by atoms with E-state index < -0.39 is 17.6 Å². The molecule has 1 aromatic carbocycles. The molecule has 1 aliphatic rings. The third-order valence-electron chi connectivity index (χ3n) is 7.27. The van der Waals surface area contributed by atoms with Gasteiger partial charge in [0.25, 0.3) is 5.82 Å². The van der Waals surface area contributed by atoms with Gasteiger partial charge in [-0.05, 0) is 93.4 Å². The Morgan fingerprint density at radius 2 is 1.84 bits per heavy atom. The highest BCUT2D eigenvalue weighted by Crippen LogP contribution is 2.39. The molecule has 1 saturated heterocycles. The van der Waals surface area contributed by atoms with Gasteiger partial charge >= 0.3 is 6.18 Å². The maximum absolute atomic E-state index is 13.2. The van der Waals surface area contributed by atoms with Crippen molar-refractivity contribution >= 4 is 16.6 Å². The molecule has 6 nitrogen and oxygen atoms in total. The van der Waals surface area contributed by atoms with E-state index in [1.54, 1.807) is 13.1 Å². The van der Waals surface area contributed by atoms with Crippen molar-refractivity contribution in [3.05, 3.63) is 53.0 Å². The van der Waals surface area contributed by atoms with Crippen molar-refractivity contribution in [1.29, 1.82) is 0 Å². The van der Waals surface area contributed by atoms with E-state index in [1.807, 2.05) is 19.9 Å². The Morgan fingerprint density at radius 3 is 2.46 bits per heavy atom. The van der Waals surface area contributed by atoms with Crippen LogP contribution in [0.4, 0.5) is 13.2 Å². The fraction of sp³-hybridized carbons (Fsp3) is 0.500. The fourth-order valence-corrected chi connectivity index (χ4v) is 5.69. The first-order chi connectivity index (χ1) is 17.3. The standard InChI is InChI=1S/C28H34F3N5O/c1-16(2)23-21-13-19(18-8-10-35(11-9-18)15-27(4,5)37)6-7-22(21)32-24(23)20-12-17(3)25-33-26(28(29,30)31)34-36(25)14-20/h6-7,12-14,16,18,32,37H,8-11,15H2,1-5H3. The summed E-state index contributed by atoms with van der Waals surface area (Å²) in [6.07, 6.45) is -0.886. The first-order valence-electron chi connectivity index (χ1n) is 12.8. The Bertz CT molecular complexity index is 1440. The van der Waals surface area contributed by atoms with Crippen molar-refractivity contribution in [1.82, 2.24) is 24.5 Å². The molecule has 0 unspecified atom stereocenters. The normalized spacial score (nSPS) is 16.5. The minimum Gasteiger partial charge on any atom is -0.389 e. The number of halogens is 3. The monoisotopic (exact) mass is 513 g/mol. The van der Waals surface area contributed by atoms with Gasteiger partial charge < -0.3 is 15.0 Å². The minimum atomic E-state index is -4.59. The SMILES string of the molecule is Cc1cc(-c2[nH]c3ccc(C4CCN(CC(C)(C)O)CC4)cc3c2C(C)C)cn2nc(C(F)(F)F)nc12. The molecular weight excluding hydrogens is 479 g/mol. The van der Waals surface area contributed by atoms with Crippen LogP contribution in [0.1, 0.15) is 74.9 Å². The molecule has 4 heterocycles. The van der Waals surface area contributed by atoms with E-state index in [4.69, 9.17) is 0 Å². The molecule has 198 valence electrons. The summed E-state index contributed by atoms with van der Waals surface area (Å²) in [5.41, 5.74) is 5.28. The lowest BCUT2D eigenvalue weighted by Gasteiger charge is -2.35. The van der Waals surface area contributed by atoms with Crippen molar-refractivity contribution in [2.24, 2.45) is 0 Å². The average molecular weight is 514 g/mol. The van der Waals surface area contributed by atoms with Gasteiger partial charge in [0, 0.05) is 29.2 Å². The maximum Gasteiger partial charge on any atom is 0.453 e. The Hall–Kier alpha value is -2.91. The molecule has 9 heteroatoms. The zero-order chi connectivity index (χ0) is 26.7. The van der Waals surface area contributed by atoms with E-state index >= 15 is 0 Å². The van der Waals surface area contributed by atoms with Gasteiger partial charge in [-0.15, -0.1) is 5.10 Å². The number of hydrogen-bond donors (Lipinski definition) is 2. The number of rotatable bonds is 5. The second-order valence-electron chi connectivity index (χ2n) is 11.3. The lowest BCUT2D eigenvalue weighted by Crippen LogP contribution is -2.42. The smallest absolute Gasteiger partial charge is 0.389 e. The lowest BCUT2D eigenvalue weighted by atomic mass is 9.87. The maximum atomic E-state index is 13.2. The number of aromatic nitrogens is 4. The number of hydrogen-bond acceptors (Lipinski definition) is 4. The largest absolute Gasteiger partial charge is 0.453 e. The minimum absolute atomic E-state index is 0.199. The highest BCUT2D eigenvalue weighted by molar-refractivity contribution is 5.92. The number of nitrogens with zero attached hydrogens (tertiary/aromatic N) is 4. The number of fused-ring (bicyclic) bond motifs is 2. The number of pyridine rings is 1. The average Bonchev–Trinajstić information content (AvgIpc) is 3.40. The number of H-pyrrole nitrogens is 1. The van der Waals surface area contributed by atoms with Crippen LogP contribution >= 0.6 is 0 Å². The van der Waals surface area contributed by atoms with Gasteiger partial charge in [0.2, 0.25) is 0 Å². The van der Waals surface area contributed by atoms with Gasteiger partial charge in [-0.25, -0.2) is 9.50 Å². The quantitative estimate of drug-likeness (QED) is 0.330. The van der Waals surface area contributed by atoms with E-state index in [2.05, 4.69) is 52.0 Å². The van der Waals surface area contributed by atoms with Crippen LogP contribution in [0.25, 0.3) is 27.8 Å². The number of benzene rings is 1. The second kappa shape index (κ2) is 9.13. The molecule has 2 N–H and O–H groups in total. The van der Waals surface area contributed by atoms with E-state index in [0.29, 0.717) is 18.0 Å². The predicted octanol–water partition coefficient (Wildman–Crippen LogP) is 6.28. The van der Waals surface area contributed by atoms with Crippen molar-refractivity contribution in [2.45, 2.75) is 71.1 Å². The number of likely N-dealkylation sites (tertiary alicyclic amines) is 1. The predicted molar refractivity (Wildman–Crippen MR) is 139 cm³/mol. The summed E-state index contributed by atoms with van der Waals surface area (Å²) in [6.45, 7) is 12.3. The summed E-state index contributed by atoms with van der Waals surface area (Å²) >= 11 is 0. The summed E-state index contributed by atoms with van der Waals surface area (Å²) < 4.78 is 40.9. The number of nitrogens with one attached hydrogen (secondary N) is 1. The van der Waals surface area contributed by atoms with Crippen molar-refractivity contribution in [3.8, 4) is 11.3 Å². The van der Waals surface area contributed by atoms with Crippen LogP contribution in [0.15, 0.2) is 30.5 Å². The molecule has 0 spiro atoms. The van der Waals surface area contributed by atoms with Crippen LogP contribution in [0, 0.1) is 6.92 Å². The zero-order valence-electron chi connectivity index (χ0n) is 21.9. The first kappa shape index (κ1) is 25.7. The van der Waals surface area contributed by atoms with E-state index in [0.717, 1.165) is 53.7 Å². The third kappa shape index (κ3) is 5.11. The third-order valence-corrected chi connectivity index (χ3v) is 7.27. The van der Waals surface area contributed by atoms with Crippen LogP contribution in [-0.2, 0) is 6.18 Å². The Labute approximate surface area is 214 Å². The molecule has 3 aromatic heterocycles. The second-order valence-corrected chi connectivity index (χ2v) is 11.3.